The fourth-order valence-corrected chi connectivity index (χ4v) is 2.66. The number of carbonyl (C=O) groups is 3. The van der Waals surface area contributed by atoms with Crippen LogP contribution in [0.15, 0.2) is 0 Å². The lowest BCUT2D eigenvalue weighted by Gasteiger charge is -2.14. The maximum absolute atomic E-state index is 11.5. The number of nitrogens with zero attached hydrogens (tertiary/aromatic N) is 1. The largest absolute Gasteiger partial charge is 0.481 e. The molecule has 1 heterocycles. The van der Waals surface area contributed by atoms with Gasteiger partial charge in [-0.15, -0.1) is 11.8 Å². The first-order valence-electron chi connectivity index (χ1n) is 6.43. The van der Waals surface area contributed by atoms with Crippen molar-refractivity contribution in [3.8, 4) is 0 Å². The lowest BCUT2D eigenvalue weighted by Crippen LogP contribution is -2.38. The first kappa shape index (κ1) is 15.8. The Morgan fingerprint density at radius 3 is 2.63 bits per heavy atom. The number of hydrogen-bond acceptors (Lipinski definition) is 4. The van der Waals surface area contributed by atoms with E-state index < -0.39 is 5.97 Å². The maximum atomic E-state index is 11.5. The molecule has 1 aliphatic heterocycles. The van der Waals surface area contributed by atoms with Crippen LogP contribution in [0.4, 0.5) is 0 Å². The summed E-state index contributed by atoms with van der Waals surface area (Å²) in [5.74, 6) is 0.204. The first-order valence-corrected chi connectivity index (χ1v) is 7.59. The van der Waals surface area contributed by atoms with Crippen molar-refractivity contribution >= 4 is 29.5 Å². The standard InChI is InChI=1S/C12H20N2O4S/c15-10(7-14-9-19-8-11(14)16)13-6-4-2-1-3-5-12(17)18/h1-9H2,(H,13,15)(H,17,18). The van der Waals surface area contributed by atoms with E-state index >= 15 is 0 Å². The molecule has 19 heavy (non-hydrogen) atoms. The molecule has 0 bridgehead atoms. The van der Waals surface area contributed by atoms with Crippen LogP contribution < -0.4 is 5.32 Å². The first-order chi connectivity index (χ1) is 9.09. The lowest BCUT2D eigenvalue weighted by atomic mass is 10.1. The van der Waals surface area contributed by atoms with Gasteiger partial charge in [-0.25, -0.2) is 0 Å². The van der Waals surface area contributed by atoms with Crippen LogP contribution in [0.25, 0.3) is 0 Å². The maximum Gasteiger partial charge on any atom is 0.303 e. The molecule has 2 amide bonds. The van der Waals surface area contributed by atoms with Crippen LogP contribution in [0.3, 0.4) is 0 Å². The minimum Gasteiger partial charge on any atom is -0.481 e. The predicted molar refractivity (Wildman–Crippen MR) is 72.8 cm³/mol. The van der Waals surface area contributed by atoms with Gasteiger partial charge in [0.2, 0.25) is 11.8 Å². The fourth-order valence-electron chi connectivity index (χ4n) is 1.75. The van der Waals surface area contributed by atoms with E-state index in [4.69, 9.17) is 5.11 Å². The molecule has 0 aliphatic carbocycles. The number of carboxylic acid groups (broad SMARTS) is 1. The summed E-state index contributed by atoms with van der Waals surface area (Å²) in [6.45, 7) is 0.728. The van der Waals surface area contributed by atoms with E-state index in [2.05, 4.69) is 5.32 Å². The third-order valence-corrected chi connectivity index (χ3v) is 3.74. The molecule has 1 fully saturated rings. The molecule has 0 aromatic heterocycles. The van der Waals surface area contributed by atoms with Gasteiger partial charge < -0.3 is 15.3 Å². The van der Waals surface area contributed by atoms with Gasteiger partial charge >= 0.3 is 5.97 Å². The molecule has 0 atom stereocenters. The van der Waals surface area contributed by atoms with Crippen molar-refractivity contribution in [2.45, 2.75) is 32.1 Å². The number of nitrogens with one attached hydrogen (secondary N) is 1. The summed E-state index contributed by atoms with van der Waals surface area (Å²) in [7, 11) is 0. The number of aliphatic carboxylic acids is 1. The van der Waals surface area contributed by atoms with Gasteiger partial charge in [0.15, 0.2) is 0 Å². The second-order valence-electron chi connectivity index (χ2n) is 4.48. The van der Waals surface area contributed by atoms with E-state index in [0.717, 1.165) is 19.3 Å². The van der Waals surface area contributed by atoms with Crippen LogP contribution in [-0.4, -0.2) is 52.5 Å². The number of rotatable bonds is 9. The number of carbonyl (C=O) groups excluding carboxylic acids is 2. The quantitative estimate of drug-likeness (QED) is 0.609. The van der Waals surface area contributed by atoms with Gasteiger partial charge in [-0.3, -0.25) is 14.4 Å². The van der Waals surface area contributed by atoms with Crippen LogP contribution in [0.1, 0.15) is 32.1 Å². The summed E-state index contributed by atoms with van der Waals surface area (Å²) in [5.41, 5.74) is 0. The van der Waals surface area contributed by atoms with Crippen molar-refractivity contribution in [3.63, 3.8) is 0 Å². The van der Waals surface area contributed by atoms with Gasteiger partial charge in [-0.05, 0) is 12.8 Å². The second kappa shape index (κ2) is 8.79. The molecule has 1 aliphatic rings. The Bertz CT molecular complexity index is 336. The minimum atomic E-state index is -0.763. The van der Waals surface area contributed by atoms with Crippen molar-refractivity contribution in [1.82, 2.24) is 10.2 Å². The number of unbranched alkanes of at least 4 members (excludes halogenated alkanes) is 3. The Balaban J connectivity index is 1.95. The van der Waals surface area contributed by atoms with Crippen LogP contribution >= 0.6 is 11.8 Å². The van der Waals surface area contributed by atoms with Gasteiger partial charge in [0, 0.05) is 13.0 Å². The molecule has 1 saturated heterocycles. The Kier molecular flexibility index (Phi) is 7.32. The lowest BCUT2D eigenvalue weighted by molar-refractivity contribution is -0.137. The highest BCUT2D eigenvalue weighted by atomic mass is 32.2. The third kappa shape index (κ3) is 7.05. The van der Waals surface area contributed by atoms with E-state index in [-0.39, 0.29) is 24.8 Å². The smallest absolute Gasteiger partial charge is 0.303 e. The summed E-state index contributed by atoms with van der Waals surface area (Å²) in [5, 5.41) is 11.2. The highest BCUT2D eigenvalue weighted by Crippen LogP contribution is 2.13. The van der Waals surface area contributed by atoms with E-state index in [0.29, 0.717) is 24.6 Å². The highest BCUT2D eigenvalue weighted by molar-refractivity contribution is 8.00. The average Bonchev–Trinajstić information content (AvgIpc) is 2.73. The fraction of sp³-hybridized carbons (Fsp3) is 0.750. The molecule has 0 unspecified atom stereocenters. The zero-order valence-corrected chi connectivity index (χ0v) is 11.7. The van der Waals surface area contributed by atoms with Crippen molar-refractivity contribution in [2.24, 2.45) is 0 Å². The molecule has 0 spiro atoms. The van der Waals surface area contributed by atoms with E-state index in [1.807, 2.05) is 0 Å². The van der Waals surface area contributed by atoms with Crippen molar-refractivity contribution in [2.75, 3.05) is 24.7 Å². The van der Waals surface area contributed by atoms with Crippen LogP contribution in [-0.2, 0) is 14.4 Å². The summed E-state index contributed by atoms with van der Waals surface area (Å²) >= 11 is 1.52. The third-order valence-electron chi connectivity index (χ3n) is 2.80. The zero-order chi connectivity index (χ0) is 14.1. The number of thioether (sulfide) groups is 1. The molecule has 6 nitrogen and oxygen atoms in total. The zero-order valence-electron chi connectivity index (χ0n) is 10.9. The summed E-state index contributed by atoms with van der Waals surface area (Å²) < 4.78 is 0. The number of carboxylic acids is 1. The molecule has 7 heteroatoms. The van der Waals surface area contributed by atoms with Gasteiger partial charge in [0.1, 0.15) is 6.54 Å². The molecule has 1 rings (SSSR count). The van der Waals surface area contributed by atoms with Crippen LogP contribution in [0.2, 0.25) is 0 Å². The molecule has 0 aromatic carbocycles. The summed E-state index contributed by atoms with van der Waals surface area (Å²) in [6, 6.07) is 0. The van der Waals surface area contributed by atoms with E-state index in [1.54, 1.807) is 4.90 Å². The van der Waals surface area contributed by atoms with Gasteiger partial charge in [-0.1, -0.05) is 12.8 Å². The monoisotopic (exact) mass is 288 g/mol. The second-order valence-corrected chi connectivity index (χ2v) is 5.43. The SMILES string of the molecule is O=C(O)CCCCCCNC(=O)CN1CSCC1=O. The van der Waals surface area contributed by atoms with Gasteiger partial charge in [0.25, 0.3) is 0 Å². The summed E-state index contributed by atoms with van der Waals surface area (Å²) in [6.07, 6.45) is 3.51. The number of amides is 2. The van der Waals surface area contributed by atoms with E-state index in [1.165, 1.54) is 11.8 Å². The molecular formula is C12H20N2O4S. The number of hydrogen-bond donors (Lipinski definition) is 2. The Morgan fingerprint density at radius 1 is 1.26 bits per heavy atom. The molecular weight excluding hydrogens is 268 g/mol. The average molecular weight is 288 g/mol. The Hall–Kier alpha value is -1.24. The summed E-state index contributed by atoms with van der Waals surface area (Å²) in [4.78, 5) is 34.6. The van der Waals surface area contributed by atoms with Gasteiger partial charge in [-0.2, -0.15) is 0 Å². The van der Waals surface area contributed by atoms with Crippen LogP contribution in [0.5, 0.6) is 0 Å². The predicted octanol–water partition coefficient (Wildman–Crippen LogP) is 0.671. The van der Waals surface area contributed by atoms with Crippen molar-refractivity contribution < 1.29 is 19.5 Å². The highest BCUT2D eigenvalue weighted by Gasteiger charge is 2.22. The molecule has 0 saturated carbocycles. The Morgan fingerprint density at radius 2 is 2.00 bits per heavy atom. The molecule has 108 valence electrons. The minimum absolute atomic E-state index is 0.0221. The van der Waals surface area contributed by atoms with Crippen LogP contribution in [0, 0.1) is 0 Å². The van der Waals surface area contributed by atoms with E-state index in [9.17, 15) is 14.4 Å². The molecule has 0 aromatic rings. The van der Waals surface area contributed by atoms with Crippen molar-refractivity contribution in [1.29, 1.82) is 0 Å². The molecule has 0 radical (unpaired) electrons. The van der Waals surface area contributed by atoms with Crippen molar-refractivity contribution in [3.05, 3.63) is 0 Å². The Labute approximate surface area is 116 Å². The van der Waals surface area contributed by atoms with Gasteiger partial charge in [0.05, 0.1) is 11.6 Å². The topological polar surface area (TPSA) is 86.7 Å². The molecule has 2 N–H and O–H groups in total. The normalized spacial score (nSPS) is 14.7.